The maximum absolute atomic E-state index is 13.1. The predicted octanol–water partition coefficient (Wildman–Crippen LogP) is 1.23. The molecule has 2 fully saturated rings. The minimum Gasteiger partial charge on any atom is -0.396 e. The quantitative estimate of drug-likeness (QED) is 0.815. The van der Waals surface area contributed by atoms with Gasteiger partial charge in [0.2, 0.25) is 10.0 Å². The van der Waals surface area contributed by atoms with E-state index in [1.54, 1.807) is 11.7 Å². The topological polar surface area (TPSA) is 84.2 Å². The lowest BCUT2D eigenvalue weighted by Crippen LogP contribution is -2.45. The van der Waals surface area contributed by atoms with Gasteiger partial charge in [0.25, 0.3) is 0 Å². The van der Waals surface area contributed by atoms with Gasteiger partial charge in [-0.3, -0.25) is 4.68 Å². The minimum absolute atomic E-state index is 0.0512. The normalized spacial score (nSPS) is 30.3. The molecule has 2 bridgehead atoms. The number of aliphatic hydroxyl groups excluding tert-OH is 1. The monoisotopic (exact) mass is 341 g/mol. The SMILES string of the molecule is CCc1nn(C)c(CC)c1S(=O)(=O)NC1C2CCC(C2)C1CO. The molecule has 2 N–H and O–H groups in total. The molecule has 3 rings (SSSR count). The first-order chi connectivity index (χ1) is 10.9. The first kappa shape index (κ1) is 16.9. The first-order valence-corrected chi connectivity index (χ1v) is 10.1. The van der Waals surface area contributed by atoms with Crippen LogP contribution in [-0.2, 0) is 29.9 Å². The van der Waals surface area contributed by atoms with Crippen molar-refractivity contribution >= 4 is 10.0 Å². The standard InChI is InChI=1S/C16H27N3O3S/c1-4-13-16(14(5-2)19(3)17-13)23(21,22)18-15-11-7-6-10(8-11)12(15)9-20/h10-12,15,18,20H,4-9H2,1-3H3. The van der Waals surface area contributed by atoms with Crippen LogP contribution in [0.3, 0.4) is 0 Å². The van der Waals surface area contributed by atoms with Gasteiger partial charge in [-0.1, -0.05) is 13.8 Å². The van der Waals surface area contributed by atoms with Crippen LogP contribution in [-0.4, -0.2) is 36.0 Å². The molecule has 130 valence electrons. The largest absolute Gasteiger partial charge is 0.396 e. The Morgan fingerprint density at radius 2 is 1.96 bits per heavy atom. The zero-order valence-electron chi connectivity index (χ0n) is 14.1. The van der Waals surface area contributed by atoms with Crippen LogP contribution in [0.5, 0.6) is 0 Å². The first-order valence-electron chi connectivity index (χ1n) is 8.60. The fourth-order valence-corrected chi connectivity index (χ4v) is 6.55. The number of nitrogens with one attached hydrogen (secondary N) is 1. The van der Waals surface area contributed by atoms with Gasteiger partial charge in [0, 0.05) is 25.6 Å². The average molecular weight is 341 g/mol. The average Bonchev–Trinajstić information content (AvgIpc) is 3.18. The van der Waals surface area contributed by atoms with E-state index < -0.39 is 10.0 Å². The van der Waals surface area contributed by atoms with Gasteiger partial charge < -0.3 is 5.11 Å². The number of hydrogen-bond donors (Lipinski definition) is 2. The van der Waals surface area contributed by atoms with Crippen molar-refractivity contribution < 1.29 is 13.5 Å². The molecule has 2 aliphatic carbocycles. The van der Waals surface area contributed by atoms with Crippen molar-refractivity contribution in [2.24, 2.45) is 24.8 Å². The molecule has 1 heterocycles. The predicted molar refractivity (Wildman–Crippen MR) is 87.5 cm³/mol. The van der Waals surface area contributed by atoms with Gasteiger partial charge in [0.1, 0.15) is 4.90 Å². The van der Waals surface area contributed by atoms with Crippen LogP contribution >= 0.6 is 0 Å². The Kier molecular flexibility index (Phi) is 4.55. The molecule has 1 aromatic heterocycles. The molecule has 7 heteroatoms. The van der Waals surface area contributed by atoms with E-state index in [2.05, 4.69) is 9.82 Å². The molecule has 2 aliphatic rings. The maximum Gasteiger partial charge on any atom is 0.244 e. The molecular weight excluding hydrogens is 314 g/mol. The molecule has 2 saturated carbocycles. The van der Waals surface area contributed by atoms with Crippen molar-refractivity contribution in [2.75, 3.05) is 6.61 Å². The molecule has 0 amide bonds. The van der Waals surface area contributed by atoms with Gasteiger partial charge in [0.15, 0.2) is 0 Å². The number of aryl methyl sites for hydroxylation is 2. The number of nitrogens with zero attached hydrogens (tertiary/aromatic N) is 2. The Morgan fingerprint density at radius 3 is 2.57 bits per heavy atom. The van der Waals surface area contributed by atoms with Crippen LogP contribution in [0.15, 0.2) is 4.90 Å². The number of aromatic nitrogens is 2. The highest BCUT2D eigenvalue weighted by molar-refractivity contribution is 7.89. The molecule has 4 atom stereocenters. The molecule has 0 saturated heterocycles. The van der Waals surface area contributed by atoms with Gasteiger partial charge in [-0.25, -0.2) is 13.1 Å². The lowest BCUT2D eigenvalue weighted by Gasteiger charge is -2.30. The Hall–Kier alpha value is -0.920. The summed E-state index contributed by atoms with van der Waals surface area (Å²) < 4.78 is 30.7. The number of rotatable bonds is 6. The third-order valence-electron chi connectivity index (χ3n) is 5.71. The molecule has 0 radical (unpaired) electrons. The zero-order valence-corrected chi connectivity index (χ0v) is 14.9. The van der Waals surface area contributed by atoms with E-state index in [1.807, 2.05) is 13.8 Å². The molecular formula is C16H27N3O3S. The molecule has 0 aliphatic heterocycles. The van der Waals surface area contributed by atoms with Gasteiger partial charge in [-0.2, -0.15) is 5.10 Å². The van der Waals surface area contributed by atoms with Crippen molar-refractivity contribution in [2.45, 2.75) is 56.9 Å². The van der Waals surface area contributed by atoms with Crippen molar-refractivity contribution in [1.29, 1.82) is 0 Å². The van der Waals surface area contributed by atoms with E-state index in [1.165, 1.54) is 0 Å². The molecule has 4 unspecified atom stereocenters. The zero-order chi connectivity index (χ0) is 16.8. The van der Waals surface area contributed by atoms with Gasteiger partial charge >= 0.3 is 0 Å². The summed E-state index contributed by atoms with van der Waals surface area (Å²) in [7, 11) is -1.82. The summed E-state index contributed by atoms with van der Waals surface area (Å²) in [6.07, 6.45) is 4.42. The van der Waals surface area contributed by atoms with Gasteiger partial charge in [-0.15, -0.1) is 0 Å². The second-order valence-corrected chi connectivity index (χ2v) is 8.53. The van der Waals surface area contributed by atoms with E-state index in [4.69, 9.17) is 0 Å². The van der Waals surface area contributed by atoms with Crippen LogP contribution in [0.2, 0.25) is 0 Å². The second kappa shape index (κ2) is 6.18. The van der Waals surface area contributed by atoms with Gasteiger partial charge in [-0.05, 0) is 43.9 Å². The Bertz CT molecular complexity index is 683. The van der Waals surface area contributed by atoms with Crippen molar-refractivity contribution in [3.05, 3.63) is 11.4 Å². The number of fused-ring (bicyclic) bond motifs is 2. The maximum atomic E-state index is 13.1. The summed E-state index contributed by atoms with van der Waals surface area (Å²) in [4.78, 5) is 0.351. The number of sulfonamides is 1. The third-order valence-corrected chi connectivity index (χ3v) is 7.31. The van der Waals surface area contributed by atoms with E-state index in [0.717, 1.165) is 25.0 Å². The molecule has 23 heavy (non-hydrogen) atoms. The summed E-state index contributed by atoms with van der Waals surface area (Å²) in [5.41, 5.74) is 1.37. The Balaban J connectivity index is 1.94. The molecule has 0 aromatic carbocycles. The molecule has 0 spiro atoms. The fourth-order valence-electron chi connectivity index (χ4n) is 4.63. The van der Waals surface area contributed by atoms with Crippen LogP contribution in [0.4, 0.5) is 0 Å². The van der Waals surface area contributed by atoms with E-state index in [0.29, 0.717) is 35.3 Å². The highest BCUT2D eigenvalue weighted by atomic mass is 32.2. The highest BCUT2D eigenvalue weighted by Crippen LogP contribution is 2.48. The second-order valence-electron chi connectivity index (χ2n) is 6.88. The summed E-state index contributed by atoms with van der Waals surface area (Å²) >= 11 is 0. The summed E-state index contributed by atoms with van der Waals surface area (Å²) in [5.74, 6) is 0.872. The minimum atomic E-state index is -3.62. The van der Waals surface area contributed by atoms with Crippen LogP contribution in [0.1, 0.15) is 44.5 Å². The lowest BCUT2D eigenvalue weighted by molar-refractivity contribution is 0.153. The van der Waals surface area contributed by atoms with Crippen molar-refractivity contribution in [1.82, 2.24) is 14.5 Å². The van der Waals surface area contributed by atoms with E-state index >= 15 is 0 Å². The smallest absolute Gasteiger partial charge is 0.244 e. The number of aliphatic hydroxyl groups is 1. The van der Waals surface area contributed by atoms with Crippen LogP contribution < -0.4 is 4.72 Å². The van der Waals surface area contributed by atoms with Crippen LogP contribution in [0, 0.1) is 17.8 Å². The van der Waals surface area contributed by atoms with Crippen molar-refractivity contribution in [3.63, 3.8) is 0 Å². The highest BCUT2D eigenvalue weighted by Gasteiger charge is 2.49. The summed E-state index contributed by atoms with van der Waals surface area (Å²) in [6, 6.07) is -0.140. The molecule has 1 aromatic rings. The van der Waals surface area contributed by atoms with Gasteiger partial charge in [0.05, 0.1) is 11.4 Å². The van der Waals surface area contributed by atoms with E-state index in [9.17, 15) is 13.5 Å². The Labute approximate surface area is 138 Å². The summed E-state index contributed by atoms with van der Waals surface area (Å²) in [6.45, 7) is 3.93. The third kappa shape index (κ3) is 2.72. The Morgan fingerprint density at radius 1 is 1.26 bits per heavy atom. The van der Waals surface area contributed by atoms with Crippen molar-refractivity contribution in [3.8, 4) is 0 Å². The summed E-state index contributed by atoms with van der Waals surface area (Å²) in [5, 5.41) is 14.1. The molecule has 6 nitrogen and oxygen atoms in total. The fraction of sp³-hybridized carbons (Fsp3) is 0.812. The van der Waals surface area contributed by atoms with E-state index in [-0.39, 0.29) is 18.6 Å². The lowest BCUT2D eigenvalue weighted by atomic mass is 9.86. The van der Waals surface area contributed by atoms with Crippen LogP contribution in [0.25, 0.3) is 0 Å². The number of hydrogen-bond acceptors (Lipinski definition) is 4.